The molecule has 0 aromatic carbocycles. The van der Waals surface area contributed by atoms with E-state index in [9.17, 15) is 0 Å². The average Bonchev–Trinajstić information content (AvgIpc) is 3.11. The van der Waals surface area contributed by atoms with Gasteiger partial charge in [-0.1, -0.05) is 6.07 Å². The molecule has 3 rings (SSSR count). The van der Waals surface area contributed by atoms with Crippen molar-refractivity contribution in [1.82, 2.24) is 15.2 Å². The standard InChI is InChI=1S/C14H21N3/c1-2-7-16-13(3-1)10-15-9-12-6-8-17(11-12)14-4-5-14/h1-3,7,12,14-15H,4-6,8-11H2. The van der Waals surface area contributed by atoms with Crippen molar-refractivity contribution in [1.29, 1.82) is 0 Å². The van der Waals surface area contributed by atoms with Crippen LogP contribution in [0.1, 0.15) is 25.0 Å². The molecule has 1 N–H and O–H groups in total. The van der Waals surface area contributed by atoms with Crippen LogP contribution in [-0.2, 0) is 6.54 Å². The molecule has 2 aliphatic rings. The van der Waals surface area contributed by atoms with E-state index >= 15 is 0 Å². The average molecular weight is 231 g/mol. The van der Waals surface area contributed by atoms with Gasteiger partial charge >= 0.3 is 0 Å². The molecule has 1 unspecified atom stereocenters. The van der Waals surface area contributed by atoms with E-state index < -0.39 is 0 Å². The first-order chi connectivity index (χ1) is 8.42. The van der Waals surface area contributed by atoms with Crippen LogP contribution < -0.4 is 5.32 Å². The molecule has 1 aromatic heterocycles. The second-order valence-electron chi connectivity index (χ2n) is 5.33. The van der Waals surface area contributed by atoms with E-state index in [2.05, 4.69) is 27.3 Å². The zero-order valence-corrected chi connectivity index (χ0v) is 10.3. The first-order valence-electron chi connectivity index (χ1n) is 6.76. The van der Waals surface area contributed by atoms with Crippen LogP contribution in [0.5, 0.6) is 0 Å². The first-order valence-corrected chi connectivity index (χ1v) is 6.76. The minimum Gasteiger partial charge on any atom is -0.311 e. The van der Waals surface area contributed by atoms with Crippen molar-refractivity contribution in [2.24, 2.45) is 5.92 Å². The van der Waals surface area contributed by atoms with Crippen LogP contribution in [0.3, 0.4) is 0 Å². The molecular weight excluding hydrogens is 210 g/mol. The second kappa shape index (κ2) is 5.15. The summed E-state index contributed by atoms with van der Waals surface area (Å²) in [6, 6.07) is 7.04. The smallest absolute Gasteiger partial charge is 0.0541 e. The molecule has 2 fully saturated rings. The molecule has 1 saturated carbocycles. The van der Waals surface area contributed by atoms with Crippen LogP contribution in [0.4, 0.5) is 0 Å². The van der Waals surface area contributed by atoms with Gasteiger partial charge in [0.05, 0.1) is 5.69 Å². The molecule has 3 nitrogen and oxygen atoms in total. The molecule has 1 aliphatic carbocycles. The Morgan fingerprint density at radius 2 is 2.24 bits per heavy atom. The molecule has 0 amide bonds. The molecule has 0 bridgehead atoms. The summed E-state index contributed by atoms with van der Waals surface area (Å²) in [4.78, 5) is 7.00. The fourth-order valence-electron chi connectivity index (χ4n) is 2.71. The number of nitrogens with one attached hydrogen (secondary N) is 1. The van der Waals surface area contributed by atoms with Crippen LogP contribution in [-0.4, -0.2) is 35.6 Å². The van der Waals surface area contributed by atoms with Gasteiger partial charge in [0, 0.05) is 25.3 Å². The van der Waals surface area contributed by atoms with Crippen molar-refractivity contribution in [3.05, 3.63) is 30.1 Å². The highest BCUT2D eigenvalue weighted by Crippen LogP contribution is 2.31. The number of likely N-dealkylation sites (tertiary alicyclic amines) is 1. The van der Waals surface area contributed by atoms with Crippen LogP contribution >= 0.6 is 0 Å². The Labute approximate surface area is 103 Å². The Morgan fingerprint density at radius 1 is 1.29 bits per heavy atom. The largest absolute Gasteiger partial charge is 0.311 e. The molecule has 0 spiro atoms. The first kappa shape index (κ1) is 11.2. The van der Waals surface area contributed by atoms with E-state index in [1.165, 1.54) is 32.4 Å². The van der Waals surface area contributed by atoms with Crippen molar-refractivity contribution < 1.29 is 0 Å². The predicted molar refractivity (Wildman–Crippen MR) is 68.6 cm³/mol. The lowest BCUT2D eigenvalue weighted by Gasteiger charge is -2.15. The maximum absolute atomic E-state index is 4.32. The molecule has 1 aliphatic heterocycles. The summed E-state index contributed by atoms with van der Waals surface area (Å²) in [6.45, 7) is 4.67. The summed E-state index contributed by atoms with van der Waals surface area (Å²) < 4.78 is 0. The third kappa shape index (κ3) is 3.05. The Hall–Kier alpha value is -0.930. The van der Waals surface area contributed by atoms with Crippen molar-refractivity contribution in [3.63, 3.8) is 0 Å². The van der Waals surface area contributed by atoms with Gasteiger partial charge in [-0.3, -0.25) is 4.98 Å². The quantitative estimate of drug-likeness (QED) is 0.835. The molecule has 1 aromatic rings. The van der Waals surface area contributed by atoms with Crippen LogP contribution in [0.2, 0.25) is 0 Å². The Bertz CT molecular complexity index is 348. The van der Waals surface area contributed by atoms with Crippen molar-refractivity contribution in [2.75, 3.05) is 19.6 Å². The number of aromatic nitrogens is 1. The minimum atomic E-state index is 0.847. The normalized spacial score (nSPS) is 25.3. The van der Waals surface area contributed by atoms with E-state index in [-0.39, 0.29) is 0 Å². The Morgan fingerprint density at radius 3 is 3.00 bits per heavy atom. The summed E-state index contributed by atoms with van der Waals surface area (Å²) in [5.41, 5.74) is 1.14. The maximum atomic E-state index is 4.32. The summed E-state index contributed by atoms with van der Waals surface area (Å²) in [6.07, 6.45) is 6.11. The molecular formula is C14H21N3. The summed E-state index contributed by atoms with van der Waals surface area (Å²) in [5.74, 6) is 0.847. The van der Waals surface area contributed by atoms with Gasteiger partial charge in [-0.05, 0) is 50.4 Å². The predicted octanol–water partition coefficient (Wildman–Crippen LogP) is 1.66. The van der Waals surface area contributed by atoms with E-state index in [0.717, 1.165) is 30.7 Å². The number of hydrogen-bond donors (Lipinski definition) is 1. The molecule has 2 heterocycles. The van der Waals surface area contributed by atoms with E-state index in [4.69, 9.17) is 0 Å². The van der Waals surface area contributed by atoms with Crippen molar-refractivity contribution in [3.8, 4) is 0 Å². The molecule has 17 heavy (non-hydrogen) atoms. The maximum Gasteiger partial charge on any atom is 0.0541 e. The third-order valence-electron chi connectivity index (χ3n) is 3.85. The topological polar surface area (TPSA) is 28.2 Å². The van der Waals surface area contributed by atoms with Gasteiger partial charge in [-0.25, -0.2) is 0 Å². The van der Waals surface area contributed by atoms with Gasteiger partial charge in [-0.15, -0.1) is 0 Å². The lowest BCUT2D eigenvalue weighted by atomic mass is 10.1. The van der Waals surface area contributed by atoms with Gasteiger partial charge in [0.15, 0.2) is 0 Å². The molecule has 92 valence electrons. The zero-order valence-electron chi connectivity index (χ0n) is 10.3. The molecule has 1 saturated heterocycles. The second-order valence-corrected chi connectivity index (χ2v) is 5.33. The number of nitrogens with zero attached hydrogens (tertiary/aromatic N) is 2. The summed E-state index contributed by atoms with van der Waals surface area (Å²) >= 11 is 0. The minimum absolute atomic E-state index is 0.847. The number of rotatable bonds is 5. The summed E-state index contributed by atoms with van der Waals surface area (Å²) in [5, 5.41) is 3.53. The fraction of sp³-hybridized carbons (Fsp3) is 0.643. The molecule has 1 atom stereocenters. The molecule has 3 heteroatoms. The fourth-order valence-corrected chi connectivity index (χ4v) is 2.71. The van der Waals surface area contributed by atoms with Gasteiger partial charge in [0.25, 0.3) is 0 Å². The highest BCUT2D eigenvalue weighted by Gasteiger charge is 2.33. The zero-order chi connectivity index (χ0) is 11.5. The van der Waals surface area contributed by atoms with Crippen LogP contribution in [0.25, 0.3) is 0 Å². The highest BCUT2D eigenvalue weighted by molar-refractivity contribution is 5.03. The van der Waals surface area contributed by atoms with E-state index in [1.807, 2.05) is 12.3 Å². The number of hydrogen-bond acceptors (Lipinski definition) is 3. The number of pyridine rings is 1. The van der Waals surface area contributed by atoms with Gasteiger partial charge in [0.2, 0.25) is 0 Å². The monoisotopic (exact) mass is 231 g/mol. The third-order valence-corrected chi connectivity index (χ3v) is 3.85. The highest BCUT2D eigenvalue weighted by atomic mass is 15.2. The lowest BCUT2D eigenvalue weighted by Crippen LogP contribution is -2.27. The lowest BCUT2D eigenvalue weighted by molar-refractivity contribution is 0.311. The van der Waals surface area contributed by atoms with Crippen molar-refractivity contribution >= 4 is 0 Å². The van der Waals surface area contributed by atoms with E-state index in [1.54, 1.807) is 0 Å². The van der Waals surface area contributed by atoms with Crippen molar-refractivity contribution in [2.45, 2.75) is 31.8 Å². The van der Waals surface area contributed by atoms with Crippen LogP contribution in [0.15, 0.2) is 24.4 Å². The van der Waals surface area contributed by atoms with E-state index in [0.29, 0.717) is 0 Å². The van der Waals surface area contributed by atoms with Gasteiger partial charge in [-0.2, -0.15) is 0 Å². The van der Waals surface area contributed by atoms with Crippen LogP contribution in [0, 0.1) is 5.92 Å². The van der Waals surface area contributed by atoms with Gasteiger partial charge < -0.3 is 10.2 Å². The SMILES string of the molecule is c1ccc(CNCC2CCN(C3CC3)C2)nc1. The Balaban J connectivity index is 1.37. The Kier molecular flexibility index (Phi) is 3.39. The molecule has 0 radical (unpaired) electrons. The van der Waals surface area contributed by atoms with Gasteiger partial charge in [0.1, 0.15) is 0 Å². The summed E-state index contributed by atoms with van der Waals surface area (Å²) in [7, 11) is 0.